The van der Waals surface area contributed by atoms with Crippen LogP contribution in [0.4, 0.5) is 0 Å². The lowest BCUT2D eigenvalue weighted by Gasteiger charge is -2.50. The quantitative estimate of drug-likeness (QED) is 0.0412. The maximum Gasteiger partial charge on any atom is 0.165 e. The van der Waals surface area contributed by atoms with Crippen molar-refractivity contribution in [2.45, 2.75) is 119 Å². The molecule has 7 atom stereocenters. The SMILES string of the molecule is NC(N)c1cc2c3cc1CSSC[C@]14CC#C[C@@]56C=C[C@](O)(CO)C[C@@]5(CCC6)CC[C@](/C=C/C(=O)CCc5ccc(O)c(c5)OCCc5ccc(O)c(c5)[C@H]3CC(=O)c3cc[nH]c3CC#C2)(C[C@@H]1O)C4. The van der Waals surface area contributed by atoms with Gasteiger partial charge in [-0.05, 0) is 126 Å². The maximum absolute atomic E-state index is 14.3. The van der Waals surface area contributed by atoms with Crippen molar-refractivity contribution in [2.75, 3.05) is 19.0 Å². The number of allylic oxidation sites excluding steroid dienone is 3. The fourth-order valence-electron chi connectivity index (χ4n) is 12.8. The van der Waals surface area contributed by atoms with Crippen molar-refractivity contribution in [3.8, 4) is 40.9 Å². The number of phenols is 2. The number of carbonyl (C=O) groups is 2. The Morgan fingerprint density at radius 3 is 2.54 bits per heavy atom. The van der Waals surface area contributed by atoms with Gasteiger partial charge < -0.3 is 46.7 Å². The van der Waals surface area contributed by atoms with Crippen LogP contribution in [0, 0.1) is 45.3 Å². The number of phenolic OH excluding ortho intramolecular Hbond substituents is 2. The van der Waals surface area contributed by atoms with Crippen LogP contribution in [0.25, 0.3) is 0 Å². The minimum absolute atomic E-state index is 0.0195. The van der Waals surface area contributed by atoms with E-state index < -0.39 is 40.0 Å². The van der Waals surface area contributed by atoms with Gasteiger partial charge in [0.25, 0.3) is 0 Å². The Hall–Kier alpha value is -5.22. The van der Waals surface area contributed by atoms with E-state index in [9.17, 15) is 35.1 Å². The average molecular weight is 994 g/mol. The highest BCUT2D eigenvalue weighted by molar-refractivity contribution is 8.76. The molecule has 0 radical (unpaired) electrons. The molecule has 1 aromatic heterocycles. The Morgan fingerprint density at radius 2 is 1.70 bits per heavy atom. The predicted molar refractivity (Wildman–Crippen MR) is 278 cm³/mol. The summed E-state index contributed by atoms with van der Waals surface area (Å²) < 4.78 is 6.18. The Kier molecular flexibility index (Phi) is 13.7. The highest BCUT2D eigenvalue weighted by atomic mass is 33.1. The zero-order valence-corrected chi connectivity index (χ0v) is 41.6. The smallest absolute Gasteiger partial charge is 0.165 e. The van der Waals surface area contributed by atoms with Gasteiger partial charge in [0.1, 0.15) is 11.4 Å². The summed E-state index contributed by atoms with van der Waals surface area (Å²) >= 11 is 0. The second-order valence-electron chi connectivity index (χ2n) is 21.3. The standard InChI is InChI=1S/C58H63N3O8S2/c59-53(60)44-28-39-4-1-5-47-42(13-24-61-47)50(66)30-45-43(39)29-40(44)32-70-71-36-55-15-2-16-56-17-3-18-57(56,34-58(68,35-62)23-22-56)21-20-54(33-55,31-52(55)67)19-12-41(63)9-6-37-8-11-49(65)51(27-37)69-25-14-38-7-10-48(64)46(45)26-38/h7-8,10-13,19,22-24,26-29,45,52-53,61-62,64-65,67-68H,3,5-6,9,14-15,17-18,20-21,25,30-36,59-60H2/b19-12+/t45-,52-,54+,55+,56+,57+,58+/m0/s1. The van der Waals surface area contributed by atoms with E-state index in [2.05, 4.69) is 46.9 Å². The molecule has 6 aliphatic rings. The number of Topliss-reactive ketones (excluding diaryl/α,β-unsaturated/α-hetero) is 1. The zero-order valence-electron chi connectivity index (χ0n) is 40.0. The van der Waals surface area contributed by atoms with Crippen molar-refractivity contribution in [3.05, 3.63) is 135 Å². The molecular formula is C58H63N3O8S2. The lowest BCUT2D eigenvalue weighted by Crippen LogP contribution is -2.49. The fraction of sp³-hybridized carbons (Fsp3) is 0.448. The third-order valence-electron chi connectivity index (χ3n) is 16.8. The molecule has 370 valence electrons. The molecule has 71 heavy (non-hydrogen) atoms. The van der Waals surface area contributed by atoms with E-state index in [4.69, 9.17) is 16.2 Å². The number of aryl methyl sites for hydroxylation is 1. The number of aromatic hydroxyl groups is 2. The molecular weight excluding hydrogens is 931 g/mol. The van der Waals surface area contributed by atoms with Crippen LogP contribution in [0.1, 0.15) is 138 Å². The number of H-pyrrole nitrogens is 1. The number of aliphatic hydroxyl groups excluding tert-OH is 2. The molecule has 5 aliphatic carbocycles. The first-order chi connectivity index (χ1) is 34.2. The Labute approximate surface area is 423 Å². The second kappa shape index (κ2) is 19.7. The van der Waals surface area contributed by atoms with E-state index in [1.165, 1.54) is 0 Å². The number of benzene rings is 3. The highest BCUT2D eigenvalue weighted by Crippen LogP contribution is 2.66. The number of aromatic amines is 1. The van der Waals surface area contributed by atoms with Crippen LogP contribution in [-0.2, 0) is 29.8 Å². The summed E-state index contributed by atoms with van der Waals surface area (Å²) in [7, 11) is 3.31. The molecule has 13 heteroatoms. The summed E-state index contributed by atoms with van der Waals surface area (Å²) in [5.74, 6) is 14.7. The van der Waals surface area contributed by atoms with E-state index in [0.29, 0.717) is 85.3 Å². The van der Waals surface area contributed by atoms with Crippen LogP contribution < -0.4 is 16.2 Å². The molecule has 0 saturated heterocycles. The number of ketones is 2. The minimum atomic E-state index is -1.34. The van der Waals surface area contributed by atoms with Gasteiger partial charge in [-0.2, -0.15) is 0 Å². The van der Waals surface area contributed by atoms with Crippen molar-refractivity contribution in [3.63, 3.8) is 0 Å². The van der Waals surface area contributed by atoms with Crippen LogP contribution >= 0.6 is 21.6 Å². The Bertz CT molecular complexity index is 2940. The van der Waals surface area contributed by atoms with Gasteiger partial charge in [-0.15, -0.1) is 5.92 Å². The van der Waals surface area contributed by atoms with Crippen LogP contribution in [0.2, 0.25) is 0 Å². The monoisotopic (exact) mass is 993 g/mol. The van der Waals surface area contributed by atoms with Crippen molar-refractivity contribution < 1.29 is 39.9 Å². The number of nitrogens with two attached hydrogens (primary N) is 2. The second-order valence-corrected chi connectivity index (χ2v) is 23.8. The van der Waals surface area contributed by atoms with Gasteiger partial charge in [-0.3, -0.25) is 9.59 Å². The van der Waals surface area contributed by atoms with Gasteiger partial charge in [0.2, 0.25) is 0 Å². The number of aliphatic hydroxyl groups is 3. The molecule has 2 saturated carbocycles. The number of hydrogen-bond donors (Lipinski definition) is 8. The lowest BCUT2D eigenvalue weighted by molar-refractivity contribution is -0.114. The predicted octanol–water partition coefficient (Wildman–Crippen LogP) is 8.38. The minimum Gasteiger partial charge on any atom is -0.508 e. The largest absolute Gasteiger partial charge is 0.508 e. The first-order valence-corrected chi connectivity index (χ1v) is 27.5. The van der Waals surface area contributed by atoms with E-state index >= 15 is 0 Å². The summed E-state index contributed by atoms with van der Waals surface area (Å²) in [6.07, 6.45) is 15.3. The summed E-state index contributed by atoms with van der Waals surface area (Å²) in [4.78, 5) is 31.4. The van der Waals surface area contributed by atoms with Crippen LogP contribution in [0.15, 0.2) is 85.1 Å². The topological polar surface area (TPSA) is 212 Å². The highest BCUT2D eigenvalue weighted by Gasteiger charge is 2.60. The zero-order chi connectivity index (χ0) is 49.6. The van der Waals surface area contributed by atoms with Gasteiger partial charge >= 0.3 is 0 Å². The van der Waals surface area contributed by atoms with Crippen LogP contribution in [0.5, 0.6) is 17.2 Å². The van der Waals surface area contributed by atoms with Gasteiger partial charge in [-0.25, -0.2) is 0 Å². The molecule has 8 bridgehead atoms. The van der Waals surface area contributed by atoms with Gasteiger partial charge in [0, 0.05) is 77.1 Å². The molecule has 0 unspecified atom stereocenters. The van der Waals surface area contributed by atoms with Crippen LogP contribution in [-0.4, -0.2) is 72.8 Å². The molecule has 4 aromatic rings. The van der Waals surface area contributed by atoms with Gasteiger partial charge in [0.15, 0.2) is 23.1 Å². The fourth-order valence-corrected chi connectivity index (χ4v) is 15.6. The molecule has 11 nitrogen and oxygen atoms in total. The molecule has 2 heterocycles. The summed E-state index contributed by atoms with van der Waals surface area (Å²) in [6, 6.07) is 16.3. The van der Waals surface area contributed by atoms with Crippen molar-refractivity contribution in [1.82, 2.24) is 4.98 Å². The molecule has 10 N–H and O–H groups in total. The maximum atomic E-state index is 14.3. The number of rotatable bonds is 2. The lowest BCUT2D eigenvalue weighted by atomic mass is 9.54. The summed E-state index contributed by atoms with van der Waals surface area (Å²) in [5, 5.41) is 56.8. The summed E-state index contributed by atoms with van der Waals surface area (Å²) in [6.45, 7) is -0.165. The third kappa shape index (κ3) is 9.64. The first kappa shape index (κ1) is 49.4. The van der Waals surface area contributed by atoms with E-state index in [1.54, 1.807) is 70.3 Å². The number of nitrogens with one attached hydrogen (secondary N) is 1. The first-order valence-electron chi connectivity index (χ1n) is 25.0. The number of carbonyl (C=O) groups excluding carboxylic acids is 2. The van der Waals surface area contributed by atoms with Crippen LogP contribution in [0.3, 0.4) is 0 Å². The molecule has 0 spiro atoms. The molecule has 0 amide bonds. The van der Waals surface area contributed by atoms with E-state index in [-0.39, 0.29) is 54.5 Å². The molecule has 2 fully saturated rings. The van der Waals surface area contributed by atoms with Crippen molar-refractivity contribution in [2.24, 2.45) is 33.1 Å². The third-order valence-corrected chi connectivity index (χ3v) is 19.3. The molecule has 1 aliphatic heterocycles. The molecule has 3 aromatic carbocycles. The normalized spacial score (nSPS) is 31.2. The summed E-state index contributed by atoms with van der Waals surface area (Å²) in [5.41, 5.74) is 16.4. The van der Waals surface area contributed by atoms with Crippen molar-refractivity contribution in [1.29, 1.82) is 0 Å². The van der Waals surface area contributed by atoms with E-state index in [1.807, 2.05) is 18.2 Å². The van der Waals surface area contributed by atoms with Crippen molar-refractivity contribution >= 4 is 33.2 Å². The average Bonchev–Trinajstić information content (AvgIpc) is 4.05. The van der Waals surface area contributed by atoms with E-state index in [0.717, 1.165) is 59.2 Å². The Morgan fingerprint density at radius 1 is 0.873 bits per heavy atom. The number of hydrogen-bond acceptors (Lipinski definition) is 12. The van der Waals surface area contributed by atoms with Gasteiger partial charge in [0.05, 0.1) is 37.3 Å². The van der Waals surface area contributed by atoms with Gasteiger partial charge in [-0.1, -0.05) is 88.3 Å². The Balaban J connectivity index is 1.06. The number of ether oxygens (including phenoxy) is 1. The number of aromatic nitrogens is 1. The number of fused-ring (bicyclic) bond motifs is 7. The molecule has 10 rings (SSSR count).